The number of benzene rings is 1. The van der Waals surface area contributed by atoms with Gasteiger partial charge in [-0.3, -0.25) is 14.9 Å². The highest BCUT2D eigenvalue weighted by molar-refractivity contribution is 5.91. The lowest BCUT2D eigenvalue weighted by Gasteiger charge is -2.03. The number of carbonyl (C=O) groups excluding carboxylic acids is 2. The minimum absolute atomic E-state index is 0.0707. The highest BCUT2D eigenvalue weighted by Gasteiger charge is 2.14. The Morgan fingerprint density at radius 2 is 2.28 bits per heavy atom. The summed E-state index contributed by atoms with van der Waals surface area (Å²) in [5.41, 5.74) is 0.300. The van der Waals surface area contributed by atoms with Crippen LogP contribution in [0.4, 0.5) is 11.4 Å². The SMILES string of the molecule is CC(=O)Nc1ccc(C#CCC=O)cc1[N+](=O)[O-]. The zero-order chi connectivity index (χ0) is 13.5. The molecule has 1 rings (SSSR count). The standard InChI is InChI=1S/C12H10N2O4/c1-9(16)13-11-6-5-10(4-2-3-7-15)8-12(11)14(17)18/h5-8H,3H2,1H3,(H,13,16). The van der Waals surface area contributed by atoms with E-state index >= 15 is 0 Å². The third-order valence-electron chi connectivity index (χ3n) is 1.92. The molecule has 1 aromatic rings. The van der Waals surface area contributed by atoms with Crippen molar-refractivity contribution in [3.8, 4) is 11.8 Å². The number of amides is 1. The number of nitrogens with one attached hydrogen (secondary N) is 1. The van der Waals surface area contributed by atoms with Crippen LogP contribution < -0.4 is 5.32 Å². The molecule has 6 heteroatoms. The molecule has 0 radical (unpaired) electrons. The van der Waals surface area contributed by atoms with E-state index in [2.05, 4.69) is 17.2 Å². The van der Waals surface area contributed by atoms with Gasteiger partial charge in [-0.15, -0.1) is 0 Å². The van der Waals surface area contributed by atoms with Crippen LogP contribution in [-0.4, -0.2) is 17.1 Å². The van der Waals surface area contributed by atoms with Gasteiger partial charge in [-0.25, -0.2) is 0 Å². The Kier molecular flexibility index (Phi) is 4.58. The molecule has 1 amide bonds. The minimum Gasteiger partial charge on any atom is -0.321 e. The van der Waals surface area contributed by atoms with Crippen molar-refractivity contribution in [2.45, 2.75) is 13.3 Å². The second-order valence-corrected chi connectivity index (χ2v) is 3.34. The van der Waals surface area contributed by atoms with Crippen molar-refractivity contribution in [3.63, 3.8) is 0 Å². The fourth-order valence-corrected chi connectivity index (χ4v) is 1.25. The molecule has 0 unspecified atom stereocenters. The van der Waals surface area contributed by atoms with E-state index < -0.39 is 10.8 Å². The number of nitrogens with zero attached hydrogens (tertiary/aromatic N) is 1. The molecular weight excluding hydrogens is 236 g/mol. The zero-order valence-electron chi connectivity index (χ0n) is 9.60. The average molecular weight is 246 g/mol. The molecule has 0 atom stereocenters. The molecule has 0 aliphatic carbocycles. The number of hydrogen-bond acceptors (Lipinski definition) is 4. The van der Waals surface area contributed by atoms with Crippen molar-refractivity contribution in [2.75, 3.05) is 5.32 Å². The van der Waals surface area contributed by atoms with E-state index in [-0.39, 0.29) is 17.8 Å². The first kappa shape index (κ1) is 13.4. The van der Waals surface area contributed by atoms with E-state index in [1.807, 2.05) is 0 Å². The summed E-state index contributed by atoms with van der Waals surface area (Å²) in [6.45, 7) is 1.27. The molecule has 1 aromatic carbocycles. The van der Waals surface area contributed by atoms with Crippen LogP contribution in [-0.2, 0) is 9.59 Å². The minimum atomic E-state index is -0.601. The second-order valence-electron chi connectivity index (χ2n) is 3.34. The summed E-state index contributed by atoms with van der Waals surface area (Å²) in [4.78, 5) is 31.2. The van der Waals surface area contributed by atoms with Crippen molar-refractivity contribution in [3.05, 3.63) is 33.9 Å². The van der Waals surface area contributed by atoms with Crippen molar-refractivity contribution in [1.82, 2.24) is 0 Å². The van der Waals surface area contributed by atoms with Crippen LogP contribution in [0.5, 0.6) is 0 Å². The lowest BCUT2D eigenvalue weighted by atomic mass is 10.1. The summed E-state index contributed by atoms with van der Waals surface area (Å²) in [7, 11) is 0. The van der Waals surface area contributed by atoms with Crippen LogP contribution in [0.3, 0.4) is 0 Å². The molecule has 18 heavy (non-hydrogen) atoms. The maximum Gasteiger partial charge on any atom is 0.293 e. The van der Waals surface area contributed by atoms with Crippen molar-refractivity contribution in [2.24, 2.45) is 0 Å². The van der Waals surface area contributed by atoms with Gasteiger partial charge in [0.1, 0.15) is 12.0 Å². The lowest BCUT2D eigenvalue weighted by Crippen LogP contribution is -2.08. The molecule has 0 saturated heterocycles. The average Bonchev–Trinajstić information content (AvgIpc) is 2.30. The van der Waals surface area contributed by atoms with Crippen molar-refractivity contribution < 1.29 is 14.5 Å². The Morgan fingerprint density at radius 1 is 1.56 bits per heavy atom. The maximum absolute atomic E-state index is 10.9. The van der Waals surface area contributed by atoms with Crippen LogP contribution in [0.2, 0.25) is 0 Å². The molecule has 6 nitrogen and oxygen atoms in total. The highest BCUT2D eigenvalue weighted by atomic mass is 16.6. The summed E-state index contributed by atoms with van der Waals surface area (Å²) < 4.78 is 0. The van der Waals surface area contributed by atoms with Crippen LogP contribution in [0.15, 0.2) is 18.2 Å². The fraction of sp³-hybridized carbons (Fsp3) is 0.167. The van der Waals surface area contributed by atoms with Crippen molar-refractivity contribution >= 4 is 23.6 Å². The van der Waals surface area contributed by atoms with E-state index in [1.165, 1.54) is 25.1 Å². The first-order valence-corrected chi connectivity index (χ1v) is 5.03. The number of nitro groups is 1. The van der Waals surface area contributed by atoms with Gasteiger partial charge in [-0.1, -0.05) is 11.8 Å². The van der Waals surface area contributed by atoms with Gasteiger partial charge in [0, 0.05) is 18.6 Å². The number of carbonyl (C=O) groups is 2. The summed E-state index contributed by atoms with van der Waals surface area (Å²) in [5.74, 6) is 4.78. The van der Waals surface area contributed by atoms with E-state index in [0.29, 0.717) is 11.8 Å². The Balaban J connectivity index is 3.11. The van der Waals surface area contributed by atoms with Crippen LogP contribution in [0.25, 0.3) is 0 Å². The lowest BCUT2D eigenvalue weighted by molar-refractivity contribution is -0.383. The number of nitro benzene ring substituents is 1. The molecule has 1 N–H and O–H groups in total. The second kappa shape index (κ2) is 6.15. The largest absolute Gasteiger partial charge is 0.321 e. The number of anilines is 1. The number of aldehydes is 1. The predicted octanol–water partition coefficient (Wildman–Crippen LogP) is 1.49. The van der Waals surface area contributed by atoms with Gasteiger partial charge in [-0.05, 0) is 12.1 Å². The fourth-order valence-electron chi connectivity index (χ4n) is 1.25. The van der Waals surface area contributed by atoms with Crippen molar-refractivity contribution in [1.29, 1.82) is 0 Å². The molecule has 0 bridgehead atoms. The van der Waals surface area contributed by atoms with Crippen LogP contribution in [0, 0.1) is 22.0 Å². The first-order chi connectivity index (χ1) is 8.54. The van der Waals surface area contributed by atoms with Gasteiger partial charge in [0.15, 0.2) is 0 Å². The van der Waals surface area contributed by atoms with Gasteiger partial charge in [0.25, 0.3) is 5.69 Å². The summed E-state index contributed by atoms with van der Waals surface area (Å²) in [6, 6.07) is 4.20. The molecule has 0 aliphatic heterocycles. The summed E-state index contributed by atoms with van der Waals surface area (Å²) in [5, 5.41) is 13.2. The van der Waals surface area contributed by atoms with E-state index in [0.717, 1.165) is 0 Å². The smallest absolute Gasteiger partial charge is 0.293 e. The first-order valence-electron chi connectivity index (χ1n) is 5.03. The predicted molar refractivity (Wildman–Crippen MR) is 65.0 cm³/mol. The summed E-state index contributed by atoms with van der Waals surface area (Å²) >= 11 is 0. The molecule has 92 valence electrons. The summed E-state index contributed by atoms with van der Waals surface area (Å²) in [6.07, 6.45) is 0.717. The van der Waals surface area contributed by atoms with Gasteiger partial charge in [0.2, 0.25) is 5.91 Å². The number of rotatable bonds is 3. The quantitative estimate of drug-likeness (QED) is 0.378. The monoisotopic (exact) mass is 246 g/mol. The van der Waals surface area contributed by atoms with Gasteiger partial charge >= 0.3 is 0 Å². The Labute approximate surface area is 103 Å². The number of hydrogen-bond donors (Lipinski definition) is 1. The topological polar surface area (TPSA) is 89.3 Å². The maximum atomic E-state index is 10.9. The van der Waals surface area contributed by atoms with Gasteiger partial charge < -0.3 is 10.1 Å². The molecule has 0 spiro atoms. The zero-order valence-corrected chi connectivity index (χ0v) is 9.60. The van der Waals surface area contributed by atoms with E-state index in [1.54, 1.807) is 0 Å². The van der Waals surface area contributed by atoms with Crippen LogP contribution >= 0.6 is 0 Å². The normalized spacial score (nSPS) is 8.94. The molecule has 0 heterocycles. The van der Waals surface area contributed by atoms with E-state index in [9.17, 15) is 19.7 Å². The molecule has 0 saturated carbocycles. The molecule has 0 aromatic heterocycles. The van der Waals surface area contributed by atoms with Gasteiger partial charge in [0.05, 0.1) is 11.3 Å². The molecule has 0 fully saturated rings. The van der Waals surface area contributed by atoms with E-state index in [4.69, 9.17) is 0 Å². The third-order valence-corrected chi connectivity index (χ3v) is 1.92. The Morgan fingerprint density at radius 3 is 2.83 bits per heavy atom. The Hall–Kier alpha value is -2.68. The van der Waals surface area contributed by atoms with Gasteiger partial charge in [-0.2, -0.15) is 0 Å². The molecular formula is C12H10N2O4. The highest BCUT2D eigenvalue weighted by Crippen LogP contribution is 2.25. The van der Waals surface area contributed by atoms with Crippen LogP contribution in [0.1, 0.15) is 18.9 Å². The third kappa shape index (κ3) is 3.72. The Bertz CT molecular complexity index is 555. The molecule has 0 aliphatic rings.